The molecule has 3 heteroatoms. The molecule has 0 spiro atoms. The topological polar surface area (TPSA) is 59.1 Å². The highest BCUT2D eigenvalue weighted by atomic mass is 16.5. The first-order valence-electron chi connectivity index (χ1n) is 7.12. The Kier molecular flexibility index (Phi) is 4.85. The van der Waals surface area contributed by atoms with E-state index in [9.17, 15) is 0 Å². The van der Waals surface area contributed by atoms with Crippen LogP contribution in [0.4, 0.5) is 0 Å². The van der Waals surface area contributed by atoms with E-state index < -0.39 is 0 Å². The SMILES string of the molecule is Cc1cc(C(C)(C)C)ccc1OCCC(C)(C)C(=N)N. The van der Waals surface area contributed by atoms with Gasteiger partial charge >= 0.3 is 0 Å². The summed E-state index contributed by atoms with van der Waals surface area (Å²) in [6.45, 7) is 13.2. The van der Waals surface area contributed by atoms with Crippen LogP contribution >= 0.6 is 0 Å². The Labute approximate surface area is 123 Å². The Balaban J connectivity index is 2.69. The summed E-state index contributed by atoms with van der Waals surface area (Å²) in [5.41, 5.74) is 7.88. The molecule has 0 saturated heterocycles. The standard InChI is InChI=1S/C17H28N2O/c1-12-11-13(16(2,3)4)7-8-14(12)20-10-9-17(5,6)15(18)19/h7-8,11H,9-10H2,1-6H3,(H3,18,19). The first-order chi connectivity index (χ1) is 9.04. The van der Waals surface area contributed by atoms with Gasteiger partial charge in [0.05, 0.1) is 12.4 Å². The van der Waals surface area contributed by atoms with E-state index in [1.807, 2.05) is 19.9 Å². The number of nitrogens with two attached hydrogens (primary N) is 1. The van der Waals surface area contributed by atoms with Crippen LogP contribution in [0.5, 0.6) is 5.75 Å². The molecule has 1 aromatic rings. The molecule has 0 aromatic heterocycles. The normalized spacial score (nSPS) is 12.3. The lowest BCUT2D eigenvalue weighted by atomic mass is 9.86. The molecular formula is C17H28N2O. The minimum absolute atomic E-state index is 0.153. The highest BCUT2D eigenvalue weighted by Crippen LogP contribution is 2.28. The average Bonchev–Trinajstić information content (AvgIpc) is 2.29. The summed E-state index contributed by atoms with van der Waals surface area (Å²) < 4.78 is 5.84. The van der Waals surface area contributed by atoms with Gasteiger partial charge in [0.25, 0.3) is 0 Å². The Morgan fingerprint density at radius 3 is 2.25 bits per heavy atom. The number of benzene rings is 1. The highest BCUT2D eigenvalue weighted by molar-refractivity contribution is 5.82. The quantitative estimate of drug-likeness (QED) is 0.630. The Morgan fingerprint density at radius 2 is 1.80 bits per heavy atom. The summed E-state index contributed by atoms with van der Waals surface area (Å²) in [5.74, 6) is 1.12. The zero-order valence-electron chi connectivity index (χ0n) is 13.6. The van der Waals surface area contributed by atoms with Gasteiger partial charge in [-0.2, -0.15) is 0 Å². The van der Waals surface area contributed by atoms with Crippen LogP contribution in [0.15, 0.2) is 18.2 Å². The summed E-state index contributed by atoms with van der Waals surface area (Å²) in [6, 6.07) is 6.35. The predicted molar refractivity (Wildman–Crippen MR) is 85.7 cm³/mol. The summed E-state index contributed by atoms with van der Waals surface area (Å²) in [4.78, 5) is 0. The van der Waals surface area contributed by atoms with E-state index in [1.54, 1.807) is 0 Å². The lowest BCUT2D eigenvalue weighted by Crippen LogP contribution is -2.32. The van der Waals surface area contributed by atoms with E-state index in [2.05, 4.69) is 39.8 Å². The molecule has 0 saturated carbocycles. The molecule has 1 rings (SSSR count). The Bertz CT molecular complexity index is 484. The third-order valence-electron chi connectivity index (χ3n) is 3.75. The largest absolute Gasteiger partial charge is 0.493 e. The van der Waals surface area contributed by atoms with Gasteiger partial charge in [0.15, 0.2) is 0 Å². The van der Waals surface area contributed by atoms with Crippen LogP contribution in [0.3, 0.4) is 0 Å². The van der Waals surface area contributed by atoms with E-state index in [0.717, 1.165) is 17.7 Å². The van der Waals surface area contributed by atoms with Gasteiger partial charge in [0.2, 0.25) is 0 Å². The van der Waals surface area contributed by atoms with Gasteiger partial charge in [0.1, 0.15) is 5.75 Å². The molecule has 0 aliphatic carbocycles. The smallest absolute Gasteiger partial charge is 0.122 e. The van der Waals surface area contributed by atoms with Crippen molar-refractivity contribution in [3.8, 4) is 5.75 Å². The van der Waals surface area contributed by atoms with E-state index >= 15 is 0 Å². The van der Waals surface area contributed by atoms with Gasteiger partial charge in [-0.05, 0) is 36.0 Å². The number of hydrogen-bond acceptors (Lipinski definition) is 2. The van der Waals surface area contributed by atoms with Gasteiger partial charge in [-0.15, -0.1) is 0 Å². The third-order valence-corrected chi connectivity index (χ3v) is 3.75. The second-order valence-electron chi connectivity index (χ2n) is 7.13. The Hall–Kier alpha value is -1.51. The number of aryl methyl sites for hydroxylation is 1. The molecule has 0 aliphatic rings. The summed E-state index contributed by atoms with van der Waals surface area (Å²) in [7, 11) is 0. The van der Waals surface area contributed by atoms with E-state index in [4.69, 9.17) is 15.9 Å². The molecule has 0 bridgehead atoms. The lowest BCUT2D eigenvalue weighted by molar-refractivity contribution is 0.267. The maximum Gasteiger partial charge on any atom is 0.122 e. The summed E-state index contributed by atoms with van der Waals surface area (Å²) in [5, 5.41) is 7.54. The number of amidine groups is 1. The van der Waals surface area contributed by atoms with Crippen LogP contribution < -0.4 is 10.5 Å². The van der Waals surface area contributed by atoms with Crippen molar-refractivity contribution < 1.29 is 4.74 Å². The fourth-order valence-electron chi connectivity index (χ4n) is 1.83. The van der Waals surface area contributed by atoms with Crippen LogP contribution in [0, 0.1) is 17.7 Å². The van der Waals surface area contributed by atoms with E-state index in [-0.39, 0.29) is 16.7 Å². The molecule has 0 aliphatic heterocycles. The van der Waals surface area contributed by atoms with Gasteiger partial charge in [0, 0.05) is 5.41 Å². The fraction of sp³-hybridized carbons (Fsp3) is 0.588. The van der Waals surface area contributed by atoms with Gasteiger partial charge in [-0.3, -0.25) is 5.41 Å². The molecule has 0 amide bonds. The maximum absolute atomic E-state index is 7.54. The van der Waals surface area contributed by atoms with Crippen LogP contribution in [0.25, 0.3) is 0 Å². The zero-order valence-corrected chi connectivity index (χ0v) is 13.6. The molecule has 20 heavy (non-hydrogen) atoms. The second-order valence-corrected chi connectivity index (χ2v) is 7.13. The van der Waals surface area contributed by atoms with E-state index in [0.29, 0.717) is 6.61 Å². The predicted octanol–water partition coefficient (Wildman–Crippen LogP) is 4.02. The number of nitrogens with one attached hydrogen (secondary N) is 1. The first-order valence-corrected chi connectivity index (χ1v) is 7.12. The van der Waals surface area contributed by atoms with Crippen LogP contribution in [0.1, 0.15) is 52.2 Å². The average molecular weight is 276 g/mol. The second kappa shape index (κ2) is 5.86. The molecule has 3 nitrogen and oxygen atoms in total. The van der Waals surface area contributed by atoms with E-state index in [1.165, 1.54) is 5.56 Å². The van der Waals surface area contributed by atoms with Crippen molar-refractivity contribution in [2.75, 3.05) is 6.61 Å². The van der Waals surface area contributed by atoms with Crippen molar-refractivity contribution in [2.45, 2.75) is 53.4 Å². The van der Waals surface area contributed by atoms with Crippen molar-refractivity contribution >= 4 is 5.84 Å². The Morgan fingerprint density at radius 1 is 1.20 bits per heavy atom. The molecule has 0 radical (unpaired) electrons. The summed E-state index contributed by atoms with van der Waals surface area (Å²) >= 11 is 0. The van der Waals surface area contributed by atoms with Crippen LogP contribution in [-0.2, 0) is 5.41 Å². The van der Waals surface area contributed by atoms with Crippen molar-refractivity contribution in [2.24, 2.45) is 11.1 Å². The van der Waals surface area contributed by atoms with Crippen LogP contribution in [0.2, 0.25) is 0 Å². The van der Waals surface area contributed by atoms with Gasteiger partial charge in [-0.1, -0.05) is 46.8 Å². The summed E-state index contributed by atoms with van der Waals surface area (Å²) in [6.07, 6.45) is 0.739. The molecule has 1 aromatic carbocycles. The third kappa shape index (κ3) is 4.26. The highest BCUT2D eigenvalue weighted by Gasteiger charge is 2.21. The lowest BCUT2D eigenvalue weighted by Gasteiger charge is -2.24. The van der Waals surface area contributed by atoms with Crippen molar-refractivity contribution in [3.05, 3.63) is 29.3 Å². The molecule has 3 N–H and O–H groups in total. The molecule has 0 unspecified atom stereocenters. The fourth-order valence-corrected chi connectivity index (χ4v) is 1.83. The monoisotopic (exact) mass is 276 g/mol. The van der Waals surface area contributed by atoms with Crippen molar-refractivity contribution in [3.63, 3.8) is 0 Å². The molecule has 112 valence electrons. The van der Waals surface area contributed by atoms with Gasteiger partial charge in [-0.25, -0.2) is 0 Å². The molecular weight excluding hydrogens is 248 g/mol. The van der Waals surface area contributed by atoms with Crippen molar-refractivity contribution in [1.29, 1.82) is 5.41 Å². The van der Waals surface area contributed by atoms with Crippen molar-refractivity contribution in [1.82, 2.24) is 0 Å². The minimum atomic E-state index is -0.306. The molecule has 0 atom stereocenters. The molecule has 0 heterocycles. The first kappa shape index (κ1) is 16.5. The number of rotatable bonds is 5. The zero-order chi connectivity index (χ0) is 15.6. The van der Waals surface area contributed by atoms with Crippen LogP contribution in [-0.4, -0.2) is 12.4 Å². The minimum Gasteiger partial charge on any atom is -0.493 e. The molecule has 0 fully saturated rings. The number of hydrogen-bond donors (Lipinski definition) is 2. The number of ether oxygens (including phenoxy) is 1. The maximum atomic E-state index is 7.54. The van der Waals surface area contributed by atoms with Gasteiger partial charge < -0.3 is 10.5 Å².